The highest BCUT2D eigenvalue weighted by molar-refractivity contribution is 7.95. The molecule has 0 radical (unpaired) electrons. The number of hydrogen-bond donors (Lipinski definition) is 2. The van der Waals surface area contributed by atoms with Crippen molar-refractivity contribution < 1.29 is 19.6 Å². The summed E-state index contributed by atoms with van der Waals surface area (Å²) in [5.74, 6) is 0. The summed E-state index contributed by atoms with van der Waals surface area (Å²) < 4.78 is 63.7. The molecule has 3 N–H and O–H groups in total. The second-order valence-electron chi connectivity index (χ2n) is 4.20. The lowest BCUT2D eigenvalue weighted by Gasteiger charge is -2.27. The maximum atomic E-state index is 12.4. The number of primary sulfonamides is 1. The molecule has 1 aliphatic heterocycles. The predicted molar refractivity (Wildman–Crippen MR) is 73.4 cm³/mol. The fraction of sp³-hybridized carbons (Fsp3) is 0.600. The number of sulfonamides is 1. The van der Waals surface area contributed by atoms with E-state index >= 15 is 0 Å². The molecule has 1 aromatic rings. The Labute approximate surface area is 119 Å². The highest BCUT2D eigenvalue weighted by Crippen LogP contribution is 2.42. The van der Waals surface area contributed by atoms with Crippen molar-refractivity contribution in [2.24, 2.45) is 5.14 Å². The smallest absolute Gasteiger partial charge is 0.247 e. The van der Waals surface area contributed by atoms with Crippen molar-refractivity contribution in [2.45, 2.75) is 39.9 Å². The first-order valence-corrected chi connectivity index (χ1v) is 9.36. The van der Waals surface area contributed by atoms with Gasteiger partial charge >= 0.3 is 0 Å². The quantitative estimate of drug-likeness (QED) is 0.846. The van der Waals surface area contributed by atoms with Gasteiger partial charge in [-0.2, -0.15) is 0 Å². The number of fused-ring (bicyclic) bond motifs is 1. The summed E-state index contributed by atoms with van der Waals surface area (Å²) in [6, 6.07) is -0.414. The molecule has 0 saturated heterocycles. The third kappa shape index (κ3) is 2.57. The first-order chi connectivity index (χ1) is 9.35. The minimum Gasteiger partial charge on any atom is -0.310 e. The first-order valence-electron chi connectivity index (χ1n) is 6.52. The Balaban J connectivity index is 2.81. The fourth-order valence-electron chi connectivity index (χ4n) is 1.87. The highest BCUT2D eigenvalue weighted by Gasteiger charge is 2.39. The molecule has 19 heavy (non-hydrogen) atoms. The van der Waals surface area contributed by atoms with E-state index in [1.807, 2.05) is 0 Å². The Morgan fingerprint density at radius 2 is 2.26 bits per heavy atom. The van der Waals surface area contributed by atoms with E-state index in [0.717, 1.165) is 6.07 Å². The monoisotopic (exact) mass is 326 g/mol. The van der Waals surface area contributed by atoms with Crippen molar-refractivity contribution in [1.82, 2.24) is 5.32 Å². The van der Waals surface area contributed by atoms with Crippen LogP contribution in [0.5, 0.6) is 0 Å². The van der Waals surface area contributed by atoms with Gasteiger partial charge in [-0.05, 0) is 26.0 Å². The van der Waals surface area contributed by atoms with E-state index in [-0.39, 0.29) is 20.4 Å². The Morgan fingerprint density at radius 3 is 2.79 bits per heavy atom. The topological polar surface area (TPSA) is 106 Å². The summed E-state index contributed by atoms with van der Waals surface area (Å²) in [5, 5.41) is 5.96. The average Bonchev–Trinajstić information content (AvgIpc) is 2.72. The lowest BCUT2D eigenvalue weighted by Crippen LogP contribution is -2.33. The van der Waals surface area contributed by atoms with Crippen molar-refractivity contribution in [1.29, 1.82) is 0 Å². The second-order valence-corrected chi connectivity index (χ2v) is 9.41. The molecule has 9 heteroatoms. The number of nitrogens with one attached hydrogen (secondary N) is 1. The highest BCUT2D eigenvalue weighted by atomic mass is 32.3. The van der Waals surface area contributed by atoms with E-state index in [0.29, 0.717) is 17.9 Å². The molecular formula is C10H16N2O4S3. The van der Waals surface area contributed by atoms with Gasteiger partial charge in [-0.15, -0.1) is 11.3 Å². The molecule has 0 bridgehead atoms. The van der Waals surface area contributed by atoms with Crippen LogP contribution in [0.15, 0.2) is 14.5 Å². The van der Waals surface area contributed by atoms with Gasteiger partial charge in [0.05, 0.1) is 6.60 Å². The number of sulfone groups is 1. The van der Waals surface area contributed by atoms with Gasteiger partial charge in [-0.3, -0.25) is 0 Å². The molecule has 2 rings (SSSR count). The third-order valence-corrected chi connectivity index (χ3v) is 7.83. The van der Waals surface area contributed by atoms with Crippen LogP contribution in [0.2, 0.25) is 0 Å². The van der Waals surface area contributed by atoms with Crippen LogP contribution in [0.4, 0.5) is 0 Å². The molecule has 0 aliphatic carbocycles. The average molecular weight is 326 g/mol. The Bertz CT molecular complexity index is 785. The van der Waals surface area contributed by atoms with Gasteiger partial charge in [0.2, 0.25) is 10.0 Å². The fourth-order valence-corrected chi connectivity index (χ4v) is 5.94. The zero-order valence-corrected chi connectivity index (χ0v) is 12.9. The lowest BCUT2D eigenvalue weighted by molar-refractivity contribution is 0.477. The number of rotatable bonds is 3. The zero-order valence-electron chi connectivity index (χ0n) is 12.4. The molecule has 6 nitrogen and oxygen atoms in total. The van der Waals surface area contributed by atoms with Gasteiger partial charge in [-0.1, -0.05) is 6.92 Å². The van der Waals surface area contributed by atoms with Gasteiger partial charge < -0.3 is 5.32 Å². The number of nitrogens with two attached hydrogens (primary N) is 1. The van der Waals surface area contributed by atoms with E-state index in [1.165, 1.54) is 6.92 Å². The van der Waals surface area contributed by atoms with Crippen LogP contribution in [-0.4, -0.2) is 28.6 Å². The summed E-state index contributed by atoms with van der Waals surface area (Å²) >= 11 is 0.499. The molecule has 0 fully saturated rings. The van der Waals surface area contributed by atoms with Crippen molar-refractivity contribution in [3.05, 3.63) is 11.6 Å². The largest absolute Gasteiger partial charge is 0.310 e. The van der Waals surface area contributed by atoms with Crippen LogP contribution < -0.4 is 10.5 Å². The van der Waals surface area contributed by atoms with Gasteiger partial charge in [0.25, 0.3) is 0 Å². The zero-order chi connectivity index (χ0) is 16.3. The van der Waals surface area contributed by atoms with E-state index in [2.05, 4.69) is 5.32 Å². The summed E-state index contributed by atoms with van der Waals surface area (Å²) in [6.45, 7) is 3.33. The molecule has 0 spiro atoms. The maximum absolute atomic E-state index is 12.4. The van der Waals surface area contributed by atoms with Crippen molar-refractivity contribution in [2.75, 3.05) is 6.54 Å². The molecule has 1 aromatic heterocycles. The summed E-state index contributed by atoms with van der Waals surface area (Å²) in [5.41, 5.74) is 0.0445. The van der Waals surface area contributed by atoms with Crippen LogP contribution in [0.3, 0.4) is 0 Å². The van der Waals surface area contributed by atoms with E-state index < -0.39 is 31.1 Å². The van der Waals surface area contributed by atoms with Crippen molar-refractivity contribution in [3.8, 4) is 0 Å². The lowest BCUT2D eigenvalue weighted by atomic mass is 10.1. The van der Waals surface area contributed by atoms with Crippen LogP contribution in [0.1, 0.15) is 34.6 Å². The molecular weight excluding hydrogens is 308 g/mol. The molecule has 0 amide bonds. The second kappa shape index (κ2) is 4.81. The summed E-state index contributed by atoms with van der Waals surface area (Å²) in [6.07, 6.45) is -0.302. The Kier molecular flexibility index (Phi) is 3.11. The minimum atomic E-state index is -4.07. The number of hydrogen-bond acceptors (Lipinski definition) is 6. The van der Waals surface area contributed by atoms with Gasteiger partial charge in [-0.25, -0.2) is 22.0 Å². The SMILES string of the molecule is [2H][C@]1(C)C[C@]([2H])(NCC)c2cc(S(N)(=O)=O)sc2S1(=O)=O. The molecule has 0 saturated carbocycles. The molecule has 0 unspecified atom stereocenters. The van der Waals surface area contributed by atoms with Crippen LogP contribution >= 0.6 is 11.3 Å². The van der Waals surface area contributed by atoms with Gasteiger partial charge in [0, 0.05) is 13.0 Å². The Hall–Kier alpha value is -0.480. The van der Waals surface area contributed by atoms with E-state index in [9.17, 15) is 16.8 Å². The molecule has 0 aromatic carbocycles. The predicted octanol–water partition coefficient (Wildman–Crippen LogP) is 0.612. The van der Waals surface area contributed by atoms with Gasteiger partial charge in [0.15, 0.2) is 9.84 Å². The maximum Gasteiger partial charge on any atom is 0.247 e. The molecule has 108 valence electrons. The van der Waals surface area contributed by atoms with Crippen molar-refractivity contribution >= 4 is 31.2 Å². The van der Waals surface area contributed by atoms with Gasteiger partial charge in [0.1, 0.15) is 8.42 Å². The molecule has 1 aliphatic rings. The minimum absolute atomic E-state index is 0.0445. The van der Waals surface area contributed by atoms with Crippen LogP contribution in [0, 0.1) is 0 Å². The summed E-state index contributed by atoms with van der Waals surface area (Å²) in [7, 11) is -8.11. The first kappa shape index (κ1) is 12.3. The molecule has 2 atom stereocenters. The standard InChI is InChI=1S/C10H16N2O4S3/c1-3-12-8-4-6(2)18(13,14)10-7(8)5-9(17-10)19(11,15)16/h5-6,8,12H,3-4H2,1-2H3,(H2,11,15,16)/t6-,8-/m0/s1/i6D,8D. The summed E-state index contributed by atoms with van der Waals surface area (Å²) in [4.78, 5) is 0. The molecule has 2 heterocycles. The van der Waals surface area contributed by atoms with Crippen LogP contribution in [0.25, 0.3) is 0 Å². The third-order valence-electron chi connectivity index (χ3n) is 2.80. The Morgan fingerprint density at radius 1 is 1.63 bits per heavy atom. The van der Waals surface area contributed by atoms with E-state index in [1.54, 1.807) is 6.92 Å². The normalized spacial score (nSPS) is 35.3. The van der Waals surface area contributed by atoms with E-state index in [4.69, 9.17) is 7.88 Å². The van der Waals surface area contributed by atoms with Crippen LogP contribution in [-0.2, 0) is 19.9 Å². The van der Waals surface area contributed by atoms with Crippen molar-refractivity contribution in [3.63, 3.8) is 0 Å². The number of thiophene rings is 1.